The molecule has 0 aliphatic rings. The molecule has 0 saturated heterocycles. The molecule has 10 heteroatoms. The SMILES string of the molecule is CN(Cc1cc2c(=O)c(C(=O)NCc3ccc(Cl)cc3)cn(-c3ccccn3)c2o1)C[C@@H](O)c1ccco1. The summed E-state index contributed by atoms with van der Waals surface area (Å²) < 4.78 is 12.9. The third-order valence-electron chi connectivity index (χ3n) is 6.02. The summed E-state index contributed by atoms with van der Waals surface area (Å²) in [6.45, 7) is 0.829. The molecule has 38 heavy (non-hydrogen) atoms. The number of amides is 1. The first-order valence-electron chi connectivity index (χ1n) is 11.9. The van der Waals surface area contributed by atoms with Gasteiger partial charge in [0.15, 0.2) is 0 Å². The number of furan rings is 2. The summed E-state index contributed by atoms with van der Waals surface area (Å²) in [5.41, 5.74) is 0.636. The van der Waals surface area contributed by atoms with E-state index < -0.39 is 17.4 Å². The van der Waals surface area contributed by atoms with Gasteiger partial charge < -0.3 is 19.3 Å². The Morgan fingerprint density at radius 2 is 2.00 bits per heavy atom. The molecule has 0 bridgehead atoms. The molecule has 2 N–H and O–H groups in total. The fraction of sp³-hybridized carbons (Fsp3) is 0.179. The van der Waals surface area contributed by atoms with Crippen LogP contribution < -0.4 is 10.7 Å². The molecule has 5 rings (SSSR count). The molecule has 0 aliphatic carbocycles. The smallest absolute Gasteiger partial charge is 0.257 e. The molecule has 0 radical (unpaired) electrons. The number of hydrogen-bond donors (Lipinski definition) is 2. The van der Waals surface area contributed by atoms with Crippen molar-refractivity contribution in [2.24, 2.45) is 0 Å². The number of carbonyl (C=O) groups excluding carboxylic acids is 1. The molecule has 1 aromatic carbocycles. The summed E-state index contributed by atoms with van der Waals surface area (Å²) in [5.74, 6) is 0.935. The van der Waals surface area contributed by atoms with E-state index in [0.717, 1.165) is 5.56 Å². The zero-order valence-electron chi connectivity index (χ0n) is 20.5. The number of aliphatic hydroxyl groups excluding tert-OH is 1. The highest BCUT2D eigenvalue weighted by atomic mass is 35.5. The number of hydrogen-bond acceptors (Lipinski definition) is 7. The number of fused-ring (bicyclic) bond motifs is 1. The summed E-state index contributed by atoms with van der Waals surface area (Å²) in [4.78, 5) is 32.7. The van der Waals surface area contributed by atoms with Gasteiger partial charge in [-0.1, -0.05) is 29.8 Å². The van der Waals surface area contributed by atoms with Gasteiger partial charge in [-0.05, 0) is 55.1 Å². The predicted octanol–water partition coefficient (Wildman–Crippen LogP) is 4.32. The lowest BCUT2D eigenvalue weighted by Gasteiger charge is -2.18. The number of pyridine rings is 2. The van der Waals surface area contributed by atoms with Crippen LogP contribution >= 0.6 is 11.6 Å². The Morgan fingerprint density at radius 3 is 2.71 bits per heavy atom. The maximum absolute atomic E-state index is 13.4. The molecule has 1 amide bonds. The maximum Gasteiger partial charge on any atom is 0.257 e. The first-order valence-corrected chi connectivity index (χ1v) is 12.3. The van der Waals surface area contributed by atoms with Crippen LogP contribution in [0.15, 0.2) is 92.9 Å². The second-order valence-corrected chi connectivity index (χ2v) is 9.33. The van der Waals surface area contributed by atoms with Crippen LogP contribution in [0.3, 0.4) is 0 Å². The zero-order valence-corrected chi connectivity index (χ0v) is 21.3. The minimum absolute atomic E-state index is 0.0361. The number of aliphatic hydroxyl groups is 1. The van der Waals surface area contributed by atoms with Crippen molar-refractivity contribution in [3.63, 3.8) is 0 Å². The maximum atomic E-state index is 13.4. The highest BCUT2D eigenvalue weighted by Gasteiger charge is 2.21. The molecule has 0 saturated carbocycles. The van der Waals surface area contributed by atoms with Crippen molar-refractivity contribution >= 4 is 28.6 Å². The molecule has 194 valence electrons. The Morgan fingerprint density at radius 1 is 1.18 bits per heavy atom. The van der Waals surface area contributed by atoms with Gasteiger partial charge in [0.2, 0.25) is 11.1 Å². The van der Waals surface area contributed by atoms with E-state index in [0.29, 0.717) is 28.9 Å². The molecule has 0 spiro atoms. The van der Waals surface area contributed by atoms with Crippen molar-refractivity contribution in [3.05, 3.63) is 117 Å². The number of aromatic nitrogens is 2. The fourth-order valence-electron chi connectivity index (χ4n) is 4.15. The topological polar surface area (TPSA) is 114 Å². The number of nitrogens with zero attached hydrogens (tertiary/aromatic N) is 3. The highest BCUT2D eigenvalue weighted by molar-refractivity contribution is 6.30. The molecule has 4 aromatic heterocycles. The van der Waals surface area contributed by atoms with Gasteiger partial charge in [-0.15, -0.1) is 0 Å². The van der Waals surface area contributed by atoms with Gasteiger partial charge in [-0.3, -0.25) is 19.1 Å². The predicted molar refractivity (Wildman–Crippen MR) is 142 cm³/mol. The number of nitrogens with one attached hydrogen (secondary N) is 1. The van der Waals surface area contributed by atoms with Crippen LogP contribution in [-0.2, 0) is 13.1 Å². The van der Waals surface area contributed by atoms with Crippen LogP contribution in [0, 0.1) is 0 Å². The third-order valence-corrected chi connectivity index (χ3v) is 6.27. The Bertz CT molecular complexity index is 1590. The highest BCUT2D eigenvalue weighted by Crippen LogP contribution is 2.23. The second-order valence-electron chi connectivity index (χ2n) is 8.90. The van der Waals surface area contributed by atoms with Crippen molar-refractivity contribution in [2.45, 2.75) is 19.2 Å². The van der Waals surface area contributed by atoms with Crippen LogP contribution in [-0.4, -0.2) is 39.1 Å². The van der Waals surface area contributed by atoms with Crippen molar-refractivity contribution in [2.75, 3.05) is 13.6 Å². The lowest BCUT2D eigenvalue weighted by Crippen LogP contribution is -2.29. The number of halogens is 1. The van der Waals surface area contributed by atoms with Crippen LogP contribution in [0.5, 0.6) is 0 Å². The normalized spacial score (nSPS) is 12.2. The monoisotopic (exact) mass is 532 g/mol. The van der Waals surface area contributed by atoms with E-state index in [9.17, 15) is 14.7 Å². The average molecular weight is 533 g/mol. The van der Waals surface area contributed by atoms with Crippen LogP contribution in [0.1, 0.15) is 33.5 Å². The van der Waals surface area contributed by atoms with Crippen LogP contribution in [0.2, 0.25) is 5.02 Å². The van der Waals surface area contributed by atoms with Crippen molar-refractivity contribution < 1.29 is 18.7 Å². The Labute approximate surface area is 222 Å². The van der Waals surface area contributed by atoms with Gasteiger partial charge in [-0.2, -0.15) is 0 Å². The molecule has 1 atom stereocenters. The molecule has 0 fully saturated rings. The second kappa shape index (κ2) is 11.1. The average Bonchev–Trinajstić information content (AvgIpc) is 3.60. The minimum atomic E-state index is -0.816. The Kier molecular flexibility index (Phi) is 7.41. The molecule has 9 nitrogen and oxygen atoms in total. The number of rotatable bonds is 9. The summed E-state index contributed by atoms with van der Waals surface area (Å²) in [7, 11) is 1.82. The fourth-order valence-corrected chi connectivity index (χ4v) is 4.27. The van der Waals surface area contributed by atoms with Crippen LogP contribution in [0.25, 0.3) is 16.9 Å². The Balaban J connectivity index is 1.45. The van der Waals surface area contributed by atoms with E-state index in [4.69, 9.17) is 20.4 Å². The molecule has 5 aromatic rings. The van der Waals surface area contributed by atoms with Crippen molar-refractivity contribution in [1.29, 1.82) is 0 Å². The van der Waals surface area contributed by atoms with E-state index in [1.54, 1.807) is 71.4 Å². The van der Waals surface area contributed by atoms with Gasteiger partial charge >= 0.3 is 0 Å². The van der Waals surface area contributed by atoms with Crippen LogP contribution in [0.4, 0.5) is 0 Å². The van der Waals surface area contributed by atoms with E-state index >= 15 is 0 Å². The lowest BCUT2D eigenvalue weighted by atomic mass is 10.1. The third kappa shape index (κ3) is 5.55. The number of carbonyl (C=O) groups is 1. The molecular weight excluding hydrogens is 508 g/mol. The summed E-state index contributed by atoms with van der Waals surface area (Å²) >= 11 is 5.94. The zero-order chi connectivity index (χ0) is 26.6. The van der Waals surface area contributed by atoms with Gasteiger partial charge in [-0.25, -0.2) is 4.98 Å². The summed E-state index contributed by atoms with van der Waals surface area (Å²) in [6, 6.07) is 17.5. The lowest BCUT2D eigenvalue weighted by molar-refractivity contribution is 0.0949. The van der Waals surface area contributed by atoms with Crippen molar-refractivity contribution in [3.8, 4) is 5.82 Å². The summed E-state index contributed by atoms with van der Waals surface area (Å²) in [6.07, 6.45) is 3.76. The first-order chi connectivity index (χ1) is 18.4. The van der Waals surface area contributed by atoms with E-state index in [2.05, 4.69) is 10.3 Å². The molecule has 0 unspecified atom stereocenters. The standard InChI is InChI=1S/C28H25ClN4O5/c1-32(17-23(34)24-5-4-12-37-24)15-20-13-21-26(35)22(27(36)31-14-18-7-9-19(29)10-8-18)16-33(28(21)38-20)25-6-2-3-11-30-25/h2-13,16,23,34H,14-15,17H2,1H3,(H,31,36)/t23-/m1/s1. The molecule has 4 heterocycles. The first kappa shape index (κ1) is 25.5. The van der Waals surface area contributed by atoms with Gasteiger partial charge in [0.05, 0.1) is 18.2 Å². The van der Waals surface area contributed by atoms with Gasteiger partial charge in [0.25, 0.3) is 5.91 Å². The van der Waals surface area contributed by atoms with Crippen molar-refractivity contribution in [1.82, 2.24) is 19.8 Å². The number of likely N-dealkylation sites (N-methyl/N-ethyl adjacent to an activating group) is 1. The molecule has 0 aliphatic heterocycles. The largest absolute Gasteiger partial charge is 0.467 e. The van der Waals surface area contributed by atoms with E-state index in [-0.39, 0.29) is 29.8 Å². The summed E-state index contributed by atoms with van der Waals surface area (Å²) in [5, 5.41) is 14.1. The van der Waals surface area contributed by atoms with Gasteiger partial charge in [0.1, 0.15) is 29.0 Å². The molecular formula is C28H25ClN4O5. The van der Waals surface area contributed by atoms with E-state index in [1.807, 2.05) is 11.9 Å². The quantitative estimate of drug-likeness (QED) is 0.290. The Hall–Kier alpha value is -4.18. The van der Waals surface area contributed by atoms with E-state index in [1.165, 1.54) is 12.5 Å². The number of benzene rings is 1. The minimum Gasteiger partial charge on any atom is -0.467 e. The van der Waals surface area contributed by atoms with Gasteiger partial charge in [0, 0.05) is 30.5 Å².